The van der Waals surface area contributed by atoms with Crippen LogP contribution in [-0.2, 0) is 16.6 Å². The molecule has 1 aromatic heterocycles. The van der Waals surface area contributed by atoms with E-state index in [1.54, 1.807) is 18.2 Å². The van der Waals surface area contributed by atoms with E-state index in [1.165, 1.54) is 16.7 Å². The molecule has 2 heterocycles. The predicted octanol–water partition coefficient (Wildman–Crippen LogP) is 7.52. The molecule has 1 aliphatic heterocycles. The third-order valence-electron chi connectivity index (χ3n) is 8.30. The summed E-state index contributed by atoms with van der Waals surface area (Å²) in [5.74, 6) is 1.77. The lowest BCUT2D eigenvalue weighted by atomic mass is 9.67. The van der Waals surface area contributed by atoms with Crippen LogP contribution in [-0.4, -0.2) is 21.6 Å². The number of para-hydroxylation sites is 1. The van der Waals surface area contributed by atoms with Gasteiger partial charge in [0.15, 0.2) is 5.60 Å². The first-order valence-corrected chi connectivity index (χ1v) is 13.2. The largest absolute Gasteiger partial charge is 0.506 e. The van der Waals surface area contributed by atoms with Crippen molar-refractivity contribution in [2.45, 2.75) is 37.3 Å². The Morgan fingerprint density at radius 1 is 0.872 bits per heavy atom. The molecule has 192 valence electrons. The molecular formula is C34H28N2O3. The van der Waals surface area contributed by atoms with Crippen LogP contribution in [0.2, 0.25) is 0 Å². The maximum Gasteiger partial charge on any atom is 0.219 e. The molecule has 0 spiro atoms. The number of pyridine rings is 1. The van der Waals surface area contributed by atoms with Gasteiger partial charge in [0.1, 0.15) is 23.1 Å². The highest BCUT2D eigenvalue weighted by molar-refractivity contribution is 5.96. The second kappa shape index (κ2) is 8.70. The lowest BCUT2D eigenvalue weighted by Crippen LogP contribution is -2.51. The standard InChI is InChI=1S/C34H28N2O3/c1-33(2,25-13-4-3-5-14-25)34-21-24-10-6-7-16-27(24)31(34)36-32(39-34)23-12-8-15-26(20-23)38-29-19-18-22-11-9-17-28(37)30(22)35-29/h3-20,31,37H,21H2,1-2H3/t31-,34+/m0/s1. The SMILES string of the molecule is CC(C)(c1ccccc1)[C@@]12Cc3ccccc3[C@@H]1N=C(c1cccc(Oc3ccc4cccc(O)c4n3)c1)O2. The summed E-state index contributed by atoms with van der Waals surface area (Å²) in [5, 5.41) is 11.1. The van der Waals surface area contributed by atoms with Crippen LogP contribution in [0.25, 0.3) is 10.9 Å². The Bertz CT molecular complexity index is 1740. The van der Waals surface area contributed by atoms with E-state index in [2.05, 4.69) is 67.4 Å². The van der Waals surface area contributed by atoms with Gasteiger partial charge in [0.2, 0.25) is 11.8 Å². The second-order valence-electron chi connectivity index (χ2n) is 10.8. The van der Waals surface area contributed by atoms with Gasteiger partial charge in [-0.05, 0) is 47.0 Å². The molecule has 1 aliphatic carbocycles. The number of hydrogen-bond donors (Lipinski definition) is 1. The summed E-state index contributed by atoms with van der Waals surface area (Å²) in [6.07, 6.45) is 0.781. The summed E-state index contributed by atoms with van der Waals surface area (Å²) in [4.78, 5) is 9.73. The molecule has 0 bridgehead atoms. The maximum absolute atomic E-state index is 10.2. The van der Waals surface area contributed by atoms with Crippen molar-refractivity contribution in [2.24, 2.45) is 4.99 Å². The van der Waals surface area contributed by atoms with Crippen molar-refractivity contribution in [3.05, 3.63) is 131 Å². The van der Waals surface area contributed by atoms with Crippen LogP contribution in [0.4, 0.5) is 0 Å². The number of hydrogen-bond acceptors (Lipinski definition) is 5. The number of phenolic OH excluding ortho intramolecular Hbond substituents is 1. The van der Waals surface area contributed by atoms with Crippen LogP contribution < -0.4 is 4.74 Å². The molecular weight excluding hydrogens is 484 g/mol. The zero-order valence-corrected chi connectivity index (χ0v) is 21.8. The second-order valence-corrected chi connectivity index (χ2v) is 10.8. The first kappa shape index (κ1) is 23.5. The number of ether oxygens (including phenoxy) is 2. The van der Waals surface area contributed by atoms with Crippen LogP contribution >= 0.6 is 0 Å². The smallest absolute Gasteiger partial charge is 0.219 e. The third-order valence-corrected chi connectivity index (χ3v) is 8.30. The molecule has 0 radical (unpaired) electrons. The van der Waals surface area contributed by atoms with Gasteiger partial charge in [0, 0.05) is 28.9 Å². The van der Waals surface area contributed by atoms with Gasteiger partial charge in [0.05, 0.1) is 0 Å². The fourth-order valence-corrected chi connectivity index (χ4v) is 6.08. The number of aromatic hydroxyl groups is 1. The Hall–Kier alpha value is -4.64. The molecule has 0 saturated carbocycles. The normalized spacial score (nSPS) is 19.7. The number of aromatic nitrogens is 1. The number of rotatable bonds is 5. The average Bonchev–Trinajstić information content (AvgIpc) is 3.50. The lowest BCUT2D eigenvalue weighted by Gasteiger charge is -2.43. The highest BCUT2D eigenvalue weighted by Gasteiger charge is 2.61. The van der Waals surface area contributed by atoms with Gasteiger partial charge in [-0.2, -0.15) is 0 Å². The zero-order chi connectivity index (χ0) is 26.6. The fourth-order valence-electron chi connectivity index (χ4n) is 6.08. The van der Waals surface area contributed by atoms with E-state index in [9.17, 15) is 5.11 Å². The van der Waals surface area contributed by atoms with Gasteiger partial charge in [-0.15, -0.1) is 0 Å². The van der Waals surface area contributed by atoms with Gasteiger partial charge in [-0.3, -0.25) is 0 Å². The monoisotopic (exact) mass is 512 g/mol. The van der Waals surface area contributed by atoms with E-state index in [0.717, 1.165) is 17.4 Å². The molecule has 5 aromatic rings. The molecule has 4 aromatic carbocycles. The summed E-state index contributed by atoms with van der Waals surface area (Å²) in [5.41, 5.74) is 4.23. The van der Waals surface area contributed by atoms with Gasteiger partial charge in [-0.1, -0.05) is 86.6 Å². The van der Waals surface area contributed by atoms with E-state index < -0.39 is 5.60 Å². The molecule has 1 N–H and O–H groups in total. The quantitative estimate of drug-likeness (QED) is 0.264. The zero-order valence-electron chi connectivity index (χ0n) is 21.8. The van der Waals surface area contributed by atoms with Crippen LogP contribution in [0.15, 0.2) is 114 Å². The molecule has 0 fully saturated rings. The summed E-state index contributed by atoms with van der Waals surface area (Å²) >= 11 is 0. The van der Waals surface area contributed by atoms with Gasteiger partial charge >= 0.3 is 0 Å². The minimum Gasteiger partial charge on any atom is -0.506 e. The summed E-state index contributed by atoms with van der Waals surface area (Å²) in [7, 11) is 0. The number of nitrogens with zero attached hydrogens (tertiary/aromatic N) is 2. The predicted molar refractivity (Wildman–Crippen MR) is 153 cm³/mol. The lowest BCUT2D eigenvalue weighted by molar-refractivity contribution is -0.00244. The van der Waals surface area contributed by atoms with Crippen molar-refractivity contribution >= 4 is 16.8 Å². The molecule has 2 atom stereocenters. The highest BCUT2D eigenvalue weighted by Crippen LogP contribution is 2.57. The molecule has 5 nitrogen and oxygen atoms in total. The minimum absolute atomic E-state index is 0.117. The Balaban J connectivity index is 1.25. The number of fused-ring (bicyclic) bond motifs is 4. The Morgan fingerprint density at radius 2 is 1.67 bits per heavy atom. The van der Waals surface area contributed by atoms with Crippen molar-refractivity contribution in [1.82, 2.24) is 4.98 Å². The third kappa shape index (κ3) is 3.68. The average molecular weight is 513 g/mol. The molecule has 5 heteroatoms. The van der Waals surface area contributed by atoms with Crippen LogP contribution in [0.5, 0.6) is 17.4 Å². The number of aliphatic imine (C=N–C) groups is 1. The van der Waals surface area contributed by atoms with E-state index in [-0.39, 0.29) is 17.2 Å². The summed E-state index contributed by atoms with van der Waals surface area (Å²) in [6.45, 7) is 4.53. The first-order valence-electron chi connectivity index (χ1n) is 13.2. The first-order chi connectivity index (χ1) is 18.9. The Kier molecular flexibility index (Phi) is 5.24. The van der Waals surface area contributed by atoms with Crippen LogP contribution in [0, 0.1) is 0 Å². The molecule has 0 unspecified atom stereocenters. The molecule has 7 rings (SSSR count). The highest BCUT2D eigenvalue weighted by atomic mass is 16.5. The van der Waals surface area contributed by atoms with Crippen molar-refractivity contribution in [3.63, 3.8) is 0 Å². The van der Waals surface area contributed by atoms with E-state index in [4.69, 9.17) is 14.5 Å². The molecule has 2 aliphatic rings. The summed E-state index contributed by atoms with van der Waals surface area (Å²) < 4.78 is 13.1. The van der Waals surface area contributed by atoms with Crippen molar-refractivity contribution in [1.29, 1.82) is 0 Å². The fraction of sp³-hybridized carbons (Fsp3) is 0.176. The topological polar surface area (TPSA) is 63.9 Å². The molecule has 39 heavy (non-hydrogen) atoms. The molecule has 0 saturated heterocycles. The summed E-state index contributed by atoms with van der Waals surface area (Å²) in [6, 6.07) is 35.8. The van der Waals surface area contributed by atoms with Gasteiger partial charge in [-0.25, -0.2) is 9.98 Å². The van der Waals surface area contributed by atoms with Crippen molar-refractivity contribution < 1.29 is 14.6 Å². The van der Waals surface area contributed by atoms with Gasteiger partial charge in [0.25, 0.3) is 0 Å². The maximum atomic E-state index is 10.2. The van der Waals surface area contributed by atoms with Crippen LogP contribution in [0.1, 0.15) is 42.1 Å². The van der Waals surface area contributed by atoms with Crippen molar-refractivity contribution in [2.75, 3.05) is 0 Å². The minimum atomic E-state index is -0.554. The number of phenols is 1. The van der Waals surface area contributed by atoms with Crippen molar-refractivity contribution in [3.8, 4) is 17.4 Å². The number of benzene rings is 4. The van der Waals surface area contributed by atoms with E-state index >= 15 is 0 Å². The van der Waals surface area contributed by atoms with Crippen LogP contribution in [0.3, 0.4) is 0 Å². The molecule has 0 amide bonds. The van der Waals surface area contributed by atoms with E-state index in [0.29, 0.717) is 23.0 Å². The van der Waals surface area contributed by atoms with Gasteiger partial charge < -0.3 is 14.6 Å². The Morgan fingerprint density at radius 3 is 2.54 bits per heavy atom. The van der Waals surface area contributed by atoms with E-state index in [1.807, 2.05) is 42.5 Å². The Labute approximate surface area is 227 Å².